The van der Waals surface area contributed by atoms with Gasteiger partial charge in [0, 0.05) is 6.42 Å². The van der Waals surface area contributed by atoms with Crippen molar-refractivity contribution < 1.29 is 15.0 Å². The number of hydrogen-bond donors (Lipinski definition) is 3. The molecule has 0 aliphatic carbocycles. The first-order chi connectivity index (χ1) is 36.7. The van der Waals surface area contributed by atoms with E-state index in [1.165, 1.54) is 295 Å². The van der Waals surface area contributed by atoms with Crippen molar-refractivity contribution >= 4 is 5.91 Å². The second-order valence-electron chi connectivity index (χ2n) is 22.9. The second-order valence-corrected chi connectivity index (χ2v) is 22.9. The van der Waals surface area contributed by atoms with Crippen LogP contribution in [0.2, 0.25) is 0 Å². The molecule has 0 heterocycles. The van der Waals surface area contributed by atoms with Crippen LogP contribution in [0.25, 0.3) is 0 Å². The Balaban J connectivity index is 3.48. The molecule has 0 fully saturated rings. The standard InChI is InChI=1S/C70H131NO3/c1-3-5-7-9-11-13-15-17-19-21-23-25-27-29-31-33-34-35-36-38-40-42-44-46-48-50-52-54-56-58-60-62-64-66-70(74)71-68(67-72)69(73)65-63-61-59-57-55-53-51-49-47-45-43-41-39-37-32-30-28-26-24-22-20-18-16-14-12-10-8-6-4-2/h15,17,21,23,27,29,55,57,63,65,68-69,72-73H,3-14,16,18-20,22,24-26,28,30-54,56,58-62,64,66-67H2,1-2H3,(H,71,74)/b17-15-,23-21-,29-27-,57-55+,65-63+. The lowest BCUT2D eigenvalue weighted by Crippen LogP contribution is -2.45. The maximum Gasteiger partial charge on any atom is 0.220 e. The summed E-state index contributed by atoms with van der Waals surface area (Å²) in [6.45, 7) is 4.32. The zero-order valence-corrected chi connectivity index (χ0v) is 50.1. The molecule has 2 unspecified atom stereocenters. The molecule has 2 atom stereocenters. The Kier molecular flexibility index (Phi) is 63.7. The minimum Gasteiger partial charge on any atom is -0.394 e. The van der Waals surface area contributed by atoms with Crippen LogP contribution in [-0.2, 0) is 4.79 Å². The summed E-state index contributed by atoms with van der Waals surface area (Å²) in [5, 5.41) is 23.2. The molecule has 4 heteroatoms. The Bertz CT molecular complexity index is 1220. The zero-order chi connectivity index (χ0) is 53.4. The average Bonchev–Trinajstić information content (AvgIpc) is 3.40. The predicted molar refractivity (Wildman–Crippen MR) is 331 cm³/mol. The largest absolute Gasteiger partial charge is 0.394 e. The van der Waals surface area contributed by atoms with Crippen LogP contribution in [0, 0.1) is 0 Å². The van der Waals surface area contributed by atoms with Crippen molar-refractivity contribution in [1.29, 1.82) is 0 Å². The lowest BCUT2D eigenvalue weighted by atomic mass is 10.0. The topological polar surface area (TPSA) is 69.6 Å². The van der Waals surface area contributed by atoms with E-state index in [9.17, 15) is 15.0 Å². The number of amides is 1. The van der Waals surface area contributed by atoms with E-state index in [0.717, 1.165) is 44.9 Å². The van der Waals surface area contributed by atoms with Gasteiger partial charge in [-0.2, -0.15) is 0 Å². The Hall–Kier alpha value is -1.91. The molecule has 4 nitrogen and oxygen atoms in total. The van der Waals surface area contributed by atoms with Crippen LogP contribution in [0.4, 0.5) is 0 Å². The summed E-state index contributed by atoms with van der Waals surface area (Å²) in [5.74, 6) is -0.0689. The molecule has 0 saturated carbocycles. The number of carbonyl (C=O) groups excluding carboxylic acids is 1. The van der Waals surface area contributed by atoms with Gasteiger partial charge in [-0.3, -0.25) is 4.79 Å². The molecular formula is C70H131NO3. The third kappa shape index (κ3) is 60.9. The summed E-state index contributed by atoms with van der Waals surface area (Å²) in [7, 11) is 0. The number of allylic oxidation sites excluding steroid dienone is 9. The third-order valence-electron chi connectivity index (χ3n) is 15.5. The minimum absolute atomic E-state index is 0.0689. The number of rotatable bonds is 62. The summed E-state index contributed by atoms with van der Waals surface area (Å²) in [6, 6.07) is -0.642. The van der Waals surface area contributed by atoms with Crippen molar-refractivity contribution in [2.24, 2.45) is 0 Å². The van der Waals surface area contributed by atoms with Gasteiger partial charge >= 0.3 is 0 Å². The predicted octanol–water partition coefficient (Wildman–Crippen LogP) is 22.7. The van der Waals surface area contributed by atoms with E-state index in [-0.39, 0.29) is 12.5 Å². The van der Waals surface area contributed by atoms with Crippen molar-refractivity contribution in [3.8, 4) is 0 Å². The number of carbonyl (C=O) groups is 1. The maximum atomic E-state index is 12.5. The van der Waals surface area contributed by atoms with Crippen LogP contribution < -0.4 is 5.32 Å². The Morgan fingerprint density at radius 2 is 0.568 bits per heavy atom. The Labute approximate surface area is 464 Å². The summed E-state index contributed by atoms with van der Waals surface area (Å²) < 4.78 is 0. The quantitative estimate of drug-likeness (QED) is 0.0420. The summed E-state index contributed by atoms with van der Waals surface area (Å²) in [6.07, 6.45) is 92.9. The van der Waals surface area contributed by atoms with Gasteiger partial charge in [0.2, 0.25) is 5.91 Å². The molecule has 74 heavy (non-hydrogen) atoms. The highest BCUT2D eigenvalue weighted by molar-refractivity contribution is 5.76. The lowest BCUT2D eigenvalue weighted by Gasteiger charge is -2.19. The molecule has 1 amide bonds. The molecule has 0 bridgehead atoms. The molecule has 0 rings (SSSR count). The second kappa shape index (κ2) is 65.4. The van der Waals surface area contributed by atoms with E-state index in [1.807, 2.05) is 6.08 Å². The smallest absolute Gasteiger partial charge is 0.220 e. The van der Waals surface area contributed by atoms with Crippen molar-refractivity contribution in [3.05, 3.63) is 60.8 Å². The van der Waals surface area contributed by atoms with E-state index < -0.39 is 12.1 Å². The monoisotopic (exact) mass is 1030 g/mol. The summed E-state index contributed by atoms with van der Waals surface area (Å²) >= 11 is 0. The molecule has 0 aromatic rings. The average molecular weight is 1030 g/mol. The summed E-state index contributed by atoms with van der Waals surface area (Å²) in [4.78, 5) is 12.5. The molecule has 0 aromatic carbocycles. The minimum atomic E-state index is -0.865. The maximum absolute atomic E-state index is 12.5. The van der Waals surface area contributed by atoms with E-state index >= 15 is 0 Å². The highest BCUT2D eigenvalue weighted by Gasteiger charge is 2.18. The van der Waals surface area contributed by atoms with Crippen LogP contribution in [0.3, 0.4) is 0 Å². The lowest BCUT2D eigenvalue weighted by molar-refractivity contribution is -0.123. The van der Waals surface area contributed by atoms with Gasteiger partial charge in [0.25, 0.3) is 0 Å². The van der Waals surface area contributed by atoms with Gasteiger partial charge in [0.05, 0.1) is 18.8 Å². The highest BCUT2D eigenvalue weighted by Crippen LogP contribution is 2.18. The molecule has 434 valence electrons. The van der Waals surface area contributed by atoms with Crippen molar-refractivity contribution in [2.45, 2.75) is 373 Å². The van der Waals surface area contributed by atoms with Crippen molar-refractivity contribution in [2.75, 3.05) is 6.61 Å². The first-order valence-corrected chi connectivity index (χ1v) is 33.5. The Morgan fingerprint density at radius 3 is 0.878 bits per heavy atom. The number of aliphatic hydroxyl groups excluding tert-OH is 2. The molecule has 0 saturated heterocycles. The van der Waals surface area contributed by atoms with E-state index in [4.69, 9.17) is 0 Å². The molecule has 0 aliphatic rings. The fourth-order valence-electron chi connectivity index (χ4n) is 10.4. The SMILES string of the molecule is CCCCCCC/C=C\C/C=C\C/C=C\CCCCCCCCCCCCCCCCCCCCC(=O)NC(CO)C(O)/C=C/CC/C=C/CCCCCCCCCCCCCCCCCCCCCCCCC. The number of hydrogen-bond acceptors (Lipinski definition) is 3. The van der Waals surface area contributed by atoms with Gasteiger partial charge in [-0.05, 0) is 70.6 Å². The normalized spacial score (nSPS) is 13.1. The first-order valence-electron chi connectivity index (χ1n) is 33.5. The molecule has 0 aromatic heterocycles. The van der Waals surface area contributed by atoms with Gasteiger partial charge in [0.15, 0.2) is 0 Å². The van der Waals surface area contributed by atoms with Crippen LogP contribution in [0.15, 0.2) is 60.8 Å². The highest BCUT2D eigenvalue weighted by atomic mass is 16.3. The van der Waals surface area contributed by atoms with Crippen molar-refractivity contribution in [3.63, 3.8) is 0 Å². The fourth-order valence-corrected chi connectivity index (χ4v) is 10.4. The van der Waals surface area contributed by atoms with Gasteiger partial charge < -0.3 is 15.5 Å². The van der Waals surface area contributed by atoms with E-state index in [1.54, 1.807) is 6.08 Å². The number of nitrogens with one attached hydrogen (secondary N) is 1. The summed E-state index contributed by atoms with van der Waals surface area (Å²) in [5.41, 5.74) is 0. The molecule has 0 spiro atoms. The zero-order valence-electron chi connectivity index (χ0n) is 50.1. The number of aliphatic hydroxyl groups is 2. The molecule has 0 aliphatic heterocycles. The number of unbranched alkanes of at least 4 members (excludes halogenated alkanes) is 47. The Morgan fingerprint density at radius 1 is 0.324 bits per heavy atom. The molecule has 0 radical (unpaired) electrons. The van der Waals surface area contributed by atoms with Crippen LogP contribution >= 0.6 is 0 Å². The van der Waals surface area contributed by atoms with Gasteiger partial charge in [-0.25, -0.2) is 0 Å². The van der Waals surface area contributed by atoms with E-state index in [0.29, 0.717) is 6.42 Å². The van der Waals surface area contributed by atoms with E-state index in [2.05, 4.69) is 67.8 Å². The molecule has 3 N–H and O–H groups in total. The fraction of sp³-hybridized carbons (Fsp3) is 0.843. The van der Waals surface area contributed by atoms with Crippen LogP contribution in [0.1, 0.15) is 361 Å². The first kappa shape index (κ1) is 72.1. The van der Waals surface area contributed by atoms with Crippen molar-refractivity contribution in [1.82, 2.24) is 5.32 Å². The van der Waals surface area contributed by atoms with Gasteiger partial charge in [-0.15, -0.1) is 0 Å². The van der Waals surface area contributed by atoms with Gasteiger partial charge in [0.1, 0.15) is 0 Å². The van der Waals surface area contributed by atoms with Crippen LogP contribution in [-0.4, -0.2) is 34.9 Å². The van der Waals surface area contributed by atoms with Gasteiger partial charge in [-0.1, -0.05) is 344 Å². The third-order valence-corrected chi connectivity index (χ3v) is 15.5. The van der Waals surface area contributed by atoms with Crippen LogP contribution in [0.5, 0.6) is 0 Å². The molecular weight excluding hydrogens is 903 g/mol.